The summed E-state index contributed by atoms with van der Waals surface area (Å²) in [6, 6.07) is 38.3. The summed E-state index contributed by atoms with van der Waals surface area (Å²) in [5.41, 5.74) is 4.77. The molecule has 5 rings (SSSR count). The van der Waals surface area contributed by atoms with Gasteiger partial charge >= 0.3 is 0 Å². The van der Waals surface area contributed by atoms with Gasteiger partial charge in [0, 0.05) is 50.9 Å². The molecule has 1 fully saturated rings. The molecular weight excluding hydrogens is 708 g/mol. The van der Waals surface area contributed by atoms with Crippen molar-refractivity contribution in [1.82, 2.24) is 5.01 Å². The Morgan fingerprint density at radius 3 is 1.62 bits per heavy atom. The zero-order valence-electron chi connectivity index (χ0n) is 23.2. The van der Waals surface area contributed by atoms with E-state index in [1.807, 2.05) is 74.8 Å². The van der Waals surface area contributed by atoms with Crippen LogP contribution in [0.1, 0.15) is 25.3 Å². The molecule has 7 heteroatoms. The molecule has 0 aromatic heterocycles. The molecule has 0 amide bonds. The molecule has 0 bridgehead atoms. The second kappa shape index (κ2) is 15.0. The minimum absolute atomic E-state index is 0. The molecular formula is C32H37N5OU-2. The molecule has 0 spiro atoms. The number of nitrogens with zero attached hydrogens (tertiary/aromatic N) is 4. The van der Waals surface area contributed by atoms with Crippen LogP contribution in [0.3, 0.4) is 0 Å². The summed E-state index contributed by atoms with van der Waals surface area (Å²) in [5, 5.41) is 1.81. The van der Waals surface area contributed by atoms with E-state index in [1.165, 1.54) is 11.3 Å². The molecule has 4 aromatic rings. The van der Waals surface area contributed by atoms with Crippen molar-refractivity contribution in [3.05, 3.63) is 115 Å². The van der Waals surface area contributed by atoms with E-state index in [2.05, 4.69) is 77.1 Å². The van der Waals surface area contributed by atoms with Gasteiger partial charge < -0.3 is 19.4 Å². The van der Waals surface area contributed by atoms with Gasteiger partial charge in [-0.05, 0) is 47.9 Å². The molecule has 0 saturated carbocycles. The first-order valence-corrected chi connectivity index (χ1v) is 12.9. The smallest absolute Gasteiger partial charge is 0.127 e. The van der Waals surface area contributed by atoms with E-state index in [4.69, 9.17) is 10.6 Å². The van der Waals surface area contributed by atoms with Gasteiger partial charge in [0.1, 0.15) is 11.5 Å². The van der Waals surface area contributed by atoms with Crippen molar-refractivity contribution in [3.8, 4) is 11.5 Å². The summed E-state index contributed by atoms with van der Waals surface area (Å²) in [6.45, 7) is 6.51. The van der Waals surface area contributed by atoms with Crippen LogP contribution in [0, 0.1) is 43.2 Å². The quantitative estimate of drug-likeness (QED) is 0.184. The maximum atomic E-state index is 6.17. The molecule has 1 aliphatic heterocycles. The van der Waals surface area contributed by atoms with Gasteiger partial charge in [-0.1, -0.05) is 37.4 Å². The standard InChI is InChI=1S/C24H27N4O.C8H10N.U/c1-19(2)20-8-12-23(13-9-20)29-24-14-10-22(11-15-24)27-16-26(17-28(25)18-27)21-6-4-3-5-7-21;1-9(2)8-6-4-3-5-7-8;/h4-15,19H,16-18,25H2,1-2H3;4-7H,1-2H3;/q2*-1;. The second-order valence-corrected chi connectivity index (χ2v) is 9.82. The number of rotatable bonds is 6. The van der Waals surface area contributed by atoms with Gasteiger partial charge in [0.05, 0.1) is 20.0 Å². The fourth-order valence-electron chi connectivity index (χ4n) is 4.15. The average molecular weight is 746 g/mol. The molecule has 39 heavy (non-hydrogen) atoms. The molecule has 0 aliphatic carbocycles. The topological polar surface area (TPSA) is 48.2 Å². The Hall–Kier alpha value is -2.95. The van der Waals surface area contributed by atoms with Gasteiger partial charge in [-0.2, -0.15) is 36.4 Å². The first-order chi connectivity index (χ1) is 18.4. The van der Waals surface area contributed by atoms with Crippen LogP contribution in [-0.4, -0.2) is 39.1 Å². The molecule has 0 unspecified atom stereocenters. The van der Waals surface area contributed by atoms with Crippen molar-refractivity contribution >= 4 is 17.1 Å². The van der Waals surface area contributed by atoms with E-state index in [-0.39, 0.29) is 31.1 Å². The second-order valence-electron chi connectivity index (χ2n) is 9.82. The van der Waals surface area contributed by atoms with Crippen LogP contribution in [0.2, 0.25) is 0 Å². The van der Waals surface area contributed by atoms with E-state index in [0.717, 1.165) is 29.5 Å². The van der Waals surface area contributed by atoms with Crippen molar-refractivity contribution in [3.63, 3.8) is 0 Å². The number of benzene rings is 4. The van der Waals surface area contributed by atoms with Gasteiger partial charge in [-0.25, -0.2) is 5.01 Å². The van der Waals surface area contributed by atoms with Crippen LogP contribution >= 0.6 is 0 Å². The molecule has 1 aliphatic rings. The predicted octanol–water partition coefficient (Wildman–Crippen LogP) is 6.33. The van der Waals surface area contributed by atoms with Crippen LogP contribution < -0.4 is 25.3 Å². The van der Waals surface area contributed by atoms with E-state index < -0.39 is 0 Å². The minimum atomic E-state index is 0. The predicted molar refractivity (Wildman–Crippen MR) is 158 cm³/mol. The number of hydrogen-bond acceptors (Lipinski definition) is 6. The molecule has 202 valence electrons. The van der Waals surface area contributed by atoms with Crippen molar-refractivity contribution in [1.29, 1.82) is 0 Å². The Bertz CT molecular complexity index is 1240. The van der Waals surface area contributed by atoms with Gasteiger partial charge in [-0.3, -0.25) is 5.84 Å². The third-order valence-electron chi connectivity index (χ3n) is 6.31. The monoisotopic (exact) mass is 745 g/mol. The van der Waals surface area contributed by atoms with Crippen LogP contribution in [0.15, 0.2) is 97.1 Å². The van der Waals surface area contributed by atoms with Crippen LogP contribution in [0.4, 0.5) is 17.1 Å². The molecule has 0 radical (unpaired) electrons. The maximum Gasteiger partial charge on any atom is 0.127 e. The maximum absolute atomic E-state index is 6.17. The summed E-state index contributed by atoms with van der Waals surface area (Å²) in [6.07, 6.45) is 0. The number of hydrogen-bond donors (Lipinski definition) is 1. The van der Waals surface area contributed by atoms with Gasteiger partial charge in [0.25, 0.3) is 0 Å². The molecule has 0 atom stereocenters. The van der Waals surface area contributed by atoms with Gasteiger partial charge in [0.2, 0.25) is 0 Å². The number of hydrazine groups is 1. The summed E-state index contributed by atoms with van der Waals surface area (Å²) in [4.78, 5) is 6.54. The van der Waals surface area contributed by atoms with Gasteiger partial charge in [0.15, 0.2) is 0 Å². The van der Waals surface area contributed by atoms with Crippen molar-refractivity contribution in [2.45, 2.75) is 19.8 Å². The molecule has 1 saturated heterocycles. The van der Waals surface area contributed by atoms with Crippen molar-refractivity contribution in [2.75, 3.05) is 48.8 Å². The normalized spacial score (nSPS) is 13.3. The first kappa shape index (κ1) is 30.6. The van der Waals surface area contributed by atoms with Crippen LogP contribution in [0.5, 0.6) is 11.5 Å². The Morgan fingerprint density at radius 2 is 1.15 bits per heavy atom. The van der Waals surface area contributed by atoms with E-state index >= 15 is 0 Å². The average Bonchev–Trinajstić information content (AvgIpc) is 2.95. The Labute approximate surface area is 257 Å². The molecule has 4 aromatic carbocycles. The third kappa shape index (κ3) is 9.05. The van der Waals surface area contributed by atoms with E-state index in [9.17, 15) is 0 Å². The van der Waals surface area contributed by atoms with E-state index in [0.29, 0.717) is 19.3 Å². The minimum Gasteiger partial charge on any atom is -0.457 e. The summed E-state index contributed by atoms with van der Waals surface area (Å²) < 4.78 is 6.00. The van der Waals surface area contributed by atoms with Crippen LogP contribution in [-0.2, 0) is 0 Å². The summed E-state index contributed by atoms with van der Waals surface area (Å²) in [5.74, 6) is 8.36. The van der Waals surface area contributed by atoms with Gasteiger partial charge in [-0.15, -0.1) is 24.3 Å². The number of nitrogens with two attached hydrogens (primary N) is 1. The number of anilines is 3. The fourth-order valence-corrected chi connectivity index (χ4v) is 4.15. The Balaban J connectivity index is 0.000000359. The fraction of sp³-hybridized carbons (Fsp3) is 0.250. The zero-order chi connectivity index (χ0) is 26.9. The first-order valence-electron chi connectivity index (χ1n) is 12.9. The van der Waals surface area contributed by atoms with Crippen LogP contribution in [0.25, 0.3) is 0 Å². The third-order valence-corrected chi connectivity index (χ3v) is 6.31. The molecule has 1 heterocycles. The largest absolute Gasteiger partial charge is 0.457 e. The van der Waals surface area contributed by atoms with E-state index in [1.54, 1.807) is 5.01 Å². The van der Waals surface area contributed by atoms with Crippen molar-refractivity contribution < 1.29 is 35.9 Å². The number of ether oxygens (including phenoxy) is 1. The zero-order valence-corrected chi connectivity index (χ0v) is 27.4. The molecule has 6 nitrogen and oxygen atoms in total. The SMILES string of the molecule is CC(C)c1ccc(Oc2ccc(N3CN(N)CN(c4cc[c-]cc4)C3)cc2)cc1.CN(C)c1cc[c-]cc1.[U]. The summed E-state index contributed by atoms with van der Waals surface area (Å²) >= 11 is 0. The summed E-state index contributed by atoms with van der Waals surface area (Å²) in [7, 11) is 4.05. The Morgan fingerprint density at radius 1 is 0.692 bits per heavy atom. The Kier molecular flexibility index (Phi) is 11.8. The molecule has 2 N–H and O–H groups in total. The van der Waals surface area contributed by atoms with Crippen molar-refractivity contribution in [2.24, 2.45) is 5.84 Å².